The molecule has 0 heterocycles. The maximum Gasteiger partial charge on any atom is 0.319 e. The highest BCUT2D eigenvalue weighted by Gasteiger charge is 1.98. The first-order chi connectivity index (χ1) is 10.7. The SMILES string of the molecule is Cc1cccc(/C=C/NC(=O)NCc2ccc(CO)cc2)c1. The van der Waals surface area contributed by atoms with E-state index in [1.807, 2.05) is 61.5 Å². The predicted molar refractivity (Wildman–Crippen MR) is 87.9 cm³/mol. The molecule has 0 bridgehead atoms. The molecule has 0 atom stereocenters. The van der Waals surface area contributed by atoms with Crippen molar-refractivity contribution in [2.75, 3.05) is 0 Å². The molecule has 0 aliphatic rings. The van der Waals surface area contributed by atoms with E-state index in [0.29, 0.717) is 6.54 Å². The first-order valence-corrected chi connectivity index (χ1v) is 7.13. The molecule has 2 aromatic rings. The fourth-order valence-electron chi connectivity index (χ4n) is 1.98. The van der Waals surface area contributed by atoms with Crippen LogP contribution in [0.2, 0.25) is 0 Å². The van der Waals surface area contributed by atoms with Gasteiger partial charge >= 0.3 is 6.03 Å². The van der Waals surface area contributed by atoms with Crippen LogP contribution in [0.3, 0.4) is 0 Å². The van der Waals surface area contributed by atoms with Gasteiger partial charge in [0.05, 0.1) is 6.61 Å². The molecule has 0 aromatic heterocycles. The van der Waals surface area contributed by atoms with Crippen molar-refractivity contribution in [1.82, 2.24) is 10.6 Å². The van der Waals surface area contributed by atoms with Crippen molar-refractivity contribution in [3.63, 3.8) is 0 Å². The summed E-state index contributed by atoms with van der Waals surface area (Å²) in [6, 6.07) is 15.2. The van der Waals surface area contributed by atoms with Crippen molar-refractivity contribution < 1.29 is 9.90 Å². The second-order valence-corrected chi connectivity index (χ2v) is 5.05. The highest BCUT2D eigenvalue weighted by Crippen LogP contribution is 2.05. The minimum Gasteiger partial charge on any atom is -0.392 e. The summed E-state index contributed by atoms with van der Waals surface area (Å²) in [6.07, 6.45) is 3.47. The number of amides is 2. The summed E-state index contributed by atoms with van der Waals surface area (Å²) in [4.78, 5) is 11.7. The first-order valence-electron chi connectivity index (χ1n) is 7.13. The molecule has 0 unspecified atom stereocenters. The van der Waals surface area contributed by atoms with Gasteiger partial charge in [-0.05, 0) is 29.7 Å². The van der Waals surface area contributed by atoms with Gasteiger partial charge in [0.1, 0.15) is 0 Å². The Bertz CT molecular complexity index is 648. The smallest absolute Gasteiger partial charge is 0.319 e. The third-order valence-corrected chi connectivity index (χ3v) is 3.19. The zero-order valence-electron chi connectivity index (χ0n) is 12.5. The van der Waals surface area contributed by atoms with Crippen molar-refractivity contribution in [1.29, 1.82) is 0 Å². The molecule has 2 aromatic carbocycles. The molecule has 0 saturated heterocycles. The van der Waals surface area contributed by atoms with Gasteiger partial charge in [-0.15, -0.1) is 0 Å². The van der Waals surface area contributed by atoms with E-state index in [1.54, 1.807) is 6.20 Å². The Kier molecular flexibility index (Phi) is 5.74. The standard InChI is InChI=1S/C18H20N2O2/c1-14-3-2-4-15(11-14)9-10-19-18(22)20-12-16-5-7-17(13-21)8-6-16/h2-11,21H,12-13H2,1H3,(H2,19,20,22)/b10-9+. The number of nitrogens with one attached hydrogen (secondary N) is 2. The third kappa shape index (κ3) is 5.07. The van der Waals surface area contributed by atoms with Crippen molar-refractivity contribution in [3.05, 3.63) is 77.0 Å². The molecule has 0 spiro atoms. The Balaban J connectivity index is 1.77. The van der Waals surface area contributed by atoms with Gasteiger partial charge in [-0.3, -0.25) is 0 Å². The third-order valence-electron chi connectivity index (χ3n) is 3.19. The molecule has 0 aliphatic carbocycles. The molecule has 3 N–H and O–H groups in total. The Morgan fingerprint density at radius 2 is 1.86 bits per heavy atom. The van der Waals surface area contributed by atoms with E-state index >= 15 is 0 Å². The number of aryl methyl sites for hydroxylation is 1. The minimum absolute atomic E-state index is 0.0257. The van der Waals surface area contributed by atoms with Crippen LogP contribution in [0.15, 0.2) is 54.7 Å². The van der Waals surface area contributed by atoms with E-state index in [0.717, 1.165) is 16.7 Å². The van der Waals surface area contributed by atoms with Gasteiger partial charge in [0.2, 0.25) is 0 Å². The van der Waals surface area contributed by atoms with Crippen LogP contribution >= 0.6 is 0 Å². The van der Waals surface area contributed by atoms with E-state index in [2.05, 4.69) is 10.6 Å². The Labute approximate surface area is 130 Å². The molecule has 114 valence electrons. The van der Waals surface area contributed by atoms with Crippen LogP contribution in [0.25, 0.3) is 6.08 Å². The Morgan fingerprint density at radius 1 is 1.14 bits per heavy atom. The molecule has 2 rings (SSSR count). The number of hydrogen-bond acceptors (Lipinski definition) is 2. The van der Waals surface area contributed by atoms with E-state index in [1.165, 1.54) is 5.56 Å². The number of urea groups is 1. The molecule has 22 heavy (non-hydrogen) atoms. The van der Waals surface area contributed by atoms with E-state index in [4.69, 9.17) is 5.11 Å². The lowest BCUT2D eigenvalue weighted by Crippen LogP contribution is -2.31. The van der Waals surface area contributed by atoms with Crippen LogP contribution < -0.4 is 10.6 Å². The normalized spacial score (nSPS) is 10.6. The first kappa shape index (κ1) is 15.8. The fraction of sp³-hybridized carbons (Fsp3) is 0.167. The molecule has 0 radical (unpaired) electrons. The maximum atomic E-state index is 11.7. The second kappa shape index (κ2) is 8.00. The lowest BCUT2D eigenvalue weighted by Gasteiger charge is -2.05. The van der Waals surface area contributed by atoms with E-state index in [9.17, 15) is 4.79 Å². The van der Waals surface area contributed by atoms with Crippen molar-refractivity contribution in [3.8, 4) is 0 Å². The Morgan fingerprint density at radius 3 is 2.55 bits per heavy atom. The van der Waals surface area contributed by atoms with Crippen LogP contribution in [0.1, 0.15) is 22.3 Å². The summed E-state index contributed by atoms with van der Waals surface area (Å²) in [6.45, 7) is 2.49. The van der Waals surface area contributed by atoms with Crippen LogP contribution in [-0.2, 0) is 13.2 Å². The zero-order valence-corrected chi connectivity index (χ0v) is 12.5. The quantitative estimate of drug-likeness (QED) is 0.794. The van der Waals surface area contributed by atoms with Gasteiger partial charge in [-0.25, -0.2) is 4.79 Å². The number of carbonyl (C=O) groups excluding carboxylic acids is 1. The monoisotopic (exact) mass is 296 g/mol. The van der Waals surface area contributed by atoms with Crippen LogP contribution in [0.5, 0.6) is 0 Å². The number of rotatable bonds is 5. The molecule has 0 aliphatic heterocycles. The van der Waals surface area contributed by atoms with Gasteiger partial charge in [-0.1, -0.05) is 54.1 Å². The van der Waals surface area contributed by atoms with E-state index < -0.39 is 0 Å². The average Bonchev–Trinajstić information content (AvgIpc) is 2.53. The summed E-state index contributed by atoms with van der Waals surface area (Å²) in [5, 5.41) is 14.4. The second-order valence-electron chi connectivity index (χ2n) is 5.05. The molecular weight excluding hydrogens is 276 g/mol. The van der Waals surface area contributed by atoms with Crippen molar-refractivity contribution in [2.24, 2.45) is 0 Å². The van der Waals surface area contributed by atoms with Crippen LogP contribution in [0, 0.1) is 6.92 Å². The molecule has 2 amide bonds. The zero-order chi connectivity index (χ0) is 15.8. The van der Waals surface area contributed by atoms with Gasteiger partial charge in [0, 0.05) is 12.7 Å². The number of benzene rings is 2. The van der Waals surface area contributed by atoms with Crippen molar-refractivity contribution >= 4 is 12.1 Å². The highest BCUT2D eigenvalue weighted by molar-refractivity contribution is 5.75. The topological polar surface area (TPSA) is 61.4 Å². The van der Waals surface area contributed by atoms with Crippen LogP contribution in [-0.4, -0.2) is 11.1 Å². The lowest BCUT2D eigenvalue weighted by molar-refractivity contribution is 0.244. The summed E-state index contributed by atoms with van der Waals surface area (Å²) in [5.74, 6) is 0. The highest BCUT2D eigenvalue weighted by atomic mass is 16.3. The molecule has 4 heteroatoms. The number of aliphatic hydroxyl groups excluding tert-OH is 1. The van der Waals surface area contributed by atoms with Gasteiger partial charge in [-0.2, -0.15) is 0 Å². The fourth-order valence-corrected chi connectivity index (χ4v) is 1.98. The van der Waals surface area contributed by atoms with Gasteiger partial charge < -0.3 is 15.7 Å². The van der Waals surface area contributed by atoms with Crippen LogP contribution in [0.4, 0.5) is 4.79 Å². The largest absolute Gasteiger partial charge is 0.392 e. The predicted octanol–water partition coefficient (Wildman–Crippen LogP) is 2.96. The summed E-state index contributed by atoms with van der Waals surface area (Å²) >= 11 is 0. The minimum atomic E-state index is -0.255. The average molecular weight is 296 g/mol. The molecule has 0 fully saturated rings. The molecular formula is C18H20N2O2. The number of hydrogen-bond donors (Lipinski definition) is 3. The number of aliphatic hydroxyl groups is 1. The number of carbonyl (C=O) groups is 1. The summed E-state index contributed by atoms with van der Waals surface area (Å²) < 4.78 is 0. The lowest BCUT2D eigenvalue weighted by atomic mass is 10.1. The van der Waals surface area contributed by atoms with Gasteiger partial charge in [0.25, 0.3) is 0 Å². The Hall–Kier alpha value is -2.59. The maximum absolute atomic E-state index is 11.7. The molecule has 4 nitrogen and oxygen atoms in total. The van der Waals surface area contributed by atoms with E-state index in [-0.39, 0.29) is 12.6 Å². The van der Waals surface area contributed by atoms with Crippen molar-refractivity contribution in [2.45, 2.75) is 20.1 Å². The van der Waals surface area contributed by atoms with Gasteiger partial charge in [0.15, 0.2) is 0 Å². The molecule has 0 saturated carbocycles. The summed E-state index contributed by atoms with van der Waals surface area (Å²) in [7, 11) is 0. The summed E-state index contributed by atoms with van der Waals surface area (Å²) in [5.41, 5.74) is 4.06.